The number of pyridine rings is 1. The molecule has 0 aliphatic rings. The van der Waals surface area contributed by atoms with E-state index in [2.05, 4.69) is 17.2 Å². The molecule has 1 unspecified atom stereocenters. The number of hydrogen-bond acceptors (Lipinski definition) is 4. The van der Waals surface area contributed by atoms with E-state index in [9.17, 15) is 4.79 Å². The average Bonchev–Trinajstić information content (AvgIpc) is 2.37. The lowest BCUT2D eigenvalue weighted by Crippen LogP contribution is -2.37. The normalized spacial score (nSPS) is 12.1. The van der Waals surface area contributed by atoms with Gasteiger partial charge in [0.05, 0.1) is 11.3 Å². The highest BCUT2D eigenvalue weighted by Gasteiger charge is 2.20. The number of aryl methyl sites for hydroxylation is 1. The van der Waals surface area contributed by atoms with Gasteiger partial charge in [-0.05, 0) is 26.2 Å². The first-order valence-electron chi connectivity index (χ1n) is 5.91. The Morgan fingerprint density at radius 2 is 2.28 bits per heavy atom. The maximum Gasteiger partial charge on any atom is 0.257 e. The van der Waals surface area contributed by atoms with E-state index >= 15 is 0 Å². The lowest BCUT2D eigenvalue weighted by atomic mass is 10.1. The summed E-state index contributed by atoms with van der Waals surface area (Å²) < 4.78 is 0. The first-order valence-corrected chi connectivity index (χ1v) is 7.31. The van der Waals surface area contributed by atoms with Crippen molar-refractivity contribution in [1.29, 1.82) is 0 Å². The van der Waals surface area contributed by atoms with Gasteiger partial charge in [0.25, 0.3) is 5.91 Å². The van der Waals surface area contributed by atoms with Crippen LogP contribution in [0.1, 0.15) is 23.0 Å². The molecule has 0 bridgehead atoms. The summed E-state index contributed by atoms with van der Waals surface area (Å²) >= 11 is 1.74. The van der Waals surface area contributed by atoms with E-state index < -0.39 is 0 Å². The molecule has 0 fully saturated rings. The van der Waals surface area contributed by atoms with Crippen molar-refractivity contribution in [1.82, 2.24) is 9.88 Å². The molecule has 1 atom stereocenters. The minimum Gasteiger partial charge on any atom is -0.387 e. The summed E-state index contributed by atoms with van der Waals surface area (Å²) in [5.41, 5.74) is 2.35. The molecule has 1 N–H and O–H groups in total. The van der Waals surface area contributed by atoms with E-state index in [0.29, 0.717) is 5.56 Å². The van der Waals surface area contributed by atoms with Crippen LogP contribution in [0.4, 0.5) is 5.69 Å². The quantitative estimate of drug-likeness (QED) is 0.889. The summed E-state index contributed by atoms with van der Waals surface area (Å²) in [5.74, 6) is 0.935. The molecule has 0 saturated carbocycles. The highest BCUT2D eigenvalue weighted by molar-refractivity contribution is 7.98. The van der Waals surface area contributed by atoms with Gasteiger partial charge < -0.3 is 10.2 Å². The Hall–Kier alpha value is -1.23. The van der Waals surface area contributed by atoms with Crippen molar-refractivity contribution < 1.29 is 4.79 Å². The second kappa shape index (κ2) is 6.64. The van der Waals surface area contributed by atoms with Crippen molar-refractivity contribution >= 4 is 23.4 Å². The van der Waals surface area contributed by atoms with Crippen LogP contribution in [-0.4, -0.2) is 47.9 Å². The fourth-order valence-corrected chi connectivity index (χ4v) is 2.39. The summed E-state index contributed by atoms with van der Waals surface area (Å²) in [4.78, 5) is 18.4. The molecule has 1 amide bonds. The van der Waals surface area contributed by atoms with Crippen LogP contribution in [-0.2, 0) is 0 Å². The maximum atomic E-state index is 12.4. The topological polar surface area (TPSA) is 45.2 Å². The van der Waals surface area contributed by atoms with Crippen LogP contribution in [0.25, 0.3) is 0 Å². The fraction of sp³-hybridized carbons (Fsp3) is 0.538. The van der Waals surface area contributed by atoms with Crippen LogP contribution in [0, 0.1) is 6.92 Å². The molecular weight excluding hydrogens is 246 g/mol. The van der Waals surface area contributed by atoms with Gasteiger partial charge in [-0.2, -0.15) is 11.8 Å². The standard InChI is InChI=1S/C13H21N3OS/c1-9-6-12(14-3)11(7-15-9)13(17)16(4)10(2)8-18-5/h6-7,10H,8H2,1-5H3,(H,14,15). The van der Waals surface area contributed by atoms with Crippen molar-refractivity contribution in [3.05, 3.63) is 23.5 Å². The number of carbonyl (C=O) groups excluding carboxylic acids is 1. The van der Waals surface area contributed by atoms with Crippen molar-refractivity contribution in [2.45, 2.75) is 19.9 Å². The minimum atomic E-state index is 0.00778. The van der Waals surface area contributed by atoms with Gasteiger partial charge in [-0.15, -0.1) is 0 Å². The second-order valence-electron chi connectivity index (χ2n) is 4.34. The predicted molar refractivity (Wildman–Crippen MR) is 78.5 cm³/mol. The highest BCUT2D eigenvalue weighted by Crippen LogP contribution is 2.18. The molecule has 1 aromatic rings. The van der Waals surface area contributed by atoms with Gasteiger partial charge >= 0.3 is 0 Å². The highest BCUT2D eigenvalue weighted by atomic mass is 32.2. The number of rotatable bonds is 5. The zero-order chi connectivity index (χ0) is 13.7. The number of aromatic nitrogens is 1. The van der Waals surface area contributed by atoms with Crippen molar-refractivity contribution in [3.8, 4) is 0 Å². The smallest absolute Gasteiger partial charge is 0.257 e. The SMILES string of the molecule is CNc1cc(C)ncc1C(=O)N(C)C(C)CSC. The summed E-state index contributed by atoms with van der Waals surface area (Å²) in [7, 11) is 3.65. The fourth-order valence-electron chi connectivity index (χ4n) is 1.68. The largest absolute Gasteiger partial charge is 0.387 e. The van der Waals surface area contributed by atoms with Gasteiger partial charge in [0.1, 0.15) is 0 Å². The monoisotopic (exact) mass is 267 g/mol. The van der Waals surface area contributed by atoms with E-state index in [1.54, 1.807) is 22.9 Å². The third-order valence-corrected chi connectivity index (χ3v) is 3.75. The third-order valence-electron chi connectivity index (χ3n) is 2.93. The summed E-state index contributed by atoms with van der Waals surface area (Å²) in [5, 5.41) is 3.05. The zero-order valence-electron chi connectivity index (χ0n) is 11.7. The zero-order valence-corrected chi connectivity index (χ0v) is 12.5. The van der Waals surface area contributed by atoms with Gasteiger partial charge in [-0.3, -0.25) is 9.78 Å². The van der Waals surface area contributed by atoms with E-state index in [1.807, 2.05) is 33.3 Å². The molecule has 5 heteroatoms. The Bertz CT molecular complexity index is 423. The van der Waals surface area contributed by atoms with E-state index in [4.69, 9.17) is 0 Å². The van der Waals surface area contributed by atoms with Crippen LogP contribution in [0.2, 0.25) is 0 Å². The minimum absolute atomic E-state index is 0.00778. The van der Waals surface area contributed by atoms with Crippen LogP contribution in [0.3, 0.4) is 0 Å². The van der Waals surface area contributed by atoms with Crippen LogP contribution < -0.4 is 5.32 Å². The molecule has 18 heavy (non-hydrogen) atoms. The Morgan fingerprint density at radius 1 is 1.61 bits per heavy atom. The molecule has 0 aromatic carbocycles. The Balaban J connectivity index is 2.96. The summed E-state index contributed by atoms with van der Waals surface area (Å²) in [6.07, 6.45) is 3.69. The number of thioether (sulfide) groups is 1. The molecule has 4 nitrogen and oxygen atoms in total. The van der Waals surface area contributed by atoms with Crippen LogP contribution in [0.15, 0.2) is 12.3 Å². The van der Waals surface area contributed by atoms with E-state index in [-0.39, 0.29) is 11.9 Å². The molecule has 1 rings (SSSR count). The molecule has 0 spiro atoms. The Morgan fingerprint density at radius 3 is 2.83 bits per heavy atom. The molecule has 100 valence electrons. The van der Waals surface area contributed by atoms with Gasteiger partial charge in [0.15, 0.2) is 0 Å². The number of anilines is 1. The first-order chi connectivity index (χ1) is 8.51. The van der Waals surface area contributed by atoms with Crippen LogP contribution in [0.5, 0.6) is 0 Å². The van der Waals surface area contributed by atoms with Gasteiger partial charge in [0, 0.05) is 37.8 Å². The van der Waals surface area contributed by atoms with Gasteiger partial charge in [0.2, 0.25) is 0 Å². The molecule has 0 saturated heterocycles. The van der Waals surface area contributed by atoms with Crippen molar-refractivity contribution in [2.75, 3.05) is 31.4 Å². The predicted octanol–water partition coefficient (Wildman–Crippen LogP) is 2.26. The van der Waals surface area contributed by atoms with Crippen LogP contribution >= 0.6 is 11.8 Å². The van der Waals surface area contributed by atoms with Gasteiger partial charge in [-0.1, -0.05) is 0 Å². The third kappa shape index (κ3) is 3.38. The summed E-state index contributed by atoms with van der Waals surface area (Å²) in [6.45, 7) is 3.96. The molecule has 1 heterocycles. The van der Waals surface area contributed by atoms with E-state index in [1.165, 1.54) is 0 Å². The lowest BCUT2D eigenvalue weighted by Gasteiger charge is -2.25. The first kappa shape index (κ1) is 14.8. The van der Waals surface area contributed by atoms with E-state index in [0.717, 1.165) is 17.1 Å². The van der Waals surface area contributed by atoms with Gasteiger partial charge in [-0.25, -0.2) is 0 Å². The number of amides is 1. The van der Waals surface area contributed by atoms with Crippen molar-refractivity contribution in [2.24, 2.45) is 0 Å². The Labute approximate surface area is 113 Å². The Kier molecular flexibility index (Phi) is 5.47. The molecule has 1 aromatic heterocycles. The summed E-state index contributed by atoms with van der Waals surface area (Å²) in [6, 6.07) is 2.10. The lowest BCUT2D eigenvalue weighted by molar-refractivity contribution is 0.0758. The molecular formula is C13H21N3OS. The molecule has 0 aliphatic carbocycles. The number of nitrogens with zero attached hydrogens (tertiary/aromatic N) is 2. The maximum absolute atomic E-state index is 12.4. The molecule has 0 radical (unpaired) electrons. The number of nitrogens with one attached hydrogen (secondary N) is 1. The number of carbonyl (C=O) groups is 1. The number of hydrogen-bond donors (Lipinski definition) is 1. The second-order valence-corrected chi connectivity index (χ2v) is 5.25. The van der Waals surface area contributed by atoms with Crippen molar-refractivity contribution in [3.63, 3.8) is 0 Å². The average molecular weight is 267 g/mol. The molecule has 0 aliphatic heterocycles.